The molecule has 264 valence electrons. The molecular weight excluding hydrogens is 614 g/mol. The lowest BCUT2D eigenvalue weighted by atomic mass is 9.80. The number of primary amides is 1. The molecule has 0 aromatic heterocycles. The van der Waals surface area contributed by atoms with Crippen molar-refractivity contribution in [2.24, 2.45) is 40.2 Å². The number of urea groups is 2. The minimum absolute atomic E-state index is 0.0476. The Kier molecular flexibility index (Phi) is 11.1. The highest BCUT2D eigenvalue weighted by Crippen LogP contribution is 2.65. The number of anilines is 1. The van der Waals surface area contributed by atoms with Gasteiger partial charge in [-0.3, -0.25) is 19.2 Å². The zero-order chi connectivity index (χ0) is 35.6. The largest absolute Gasteiger partial charge is 0.363 e. The van der Waals surface area contributed by atoms with E-state index >= 15 is 0 Å². The van der Waals surface area contributed by atoms with E-state index in [0.717, 1.165) is 19.3 Å². The van der Waals surface area contributed by atoms with Crippen LogP contribution in [0.4, 0.5) is 15.3 Å². The number of carbonyl (C=O) groups is 6. The minimum atomic E-state index is -1.10. The Labute approximate surface area is 283 Å². The summed E-state index contributed by atoms with van der Waals surface area (Å²) in [5.41, 5.74) is 5.05. The number of amides is 7. The zero-order valence-electron chi connectivity index (χ0n) is 29.2. The third-order valence-electron chi connectivity index (χ3n) is 10.5. The number of Topliss-reactive ketones (excluding diaryl/α,β-unsaturated/α-hetero) is 1. The van der Waals surface area contributed by atoms with Crippen LogP contribution in [-0.4, -0.2) is 77.7 Å². The van der Waals surface area contributed by atoms with Gasteiger partial charge in [0.05, 0.1) is 12.1 Å². The summed E-state index contributed by atoms with van der Waals surface area (Å²) < 4.78 is 0. The van der Waals surface area contributed by atoms with Crippen molar-refractivity contribution in [3.63, 3.8) is 0 Å². The first-order chi connectivity index (χ1) is 22.4. The fourth-order valence-electron chi connectivity index (χ4n) is 7.04. The van der Waals surface area contributed by atoms with Crippen LogP contribution in [0.15, 0.2) is 30.3 Å². The van der Waals surface area contributed by atoms with Gasteiger partial charge >= 0.3 is 12.1 Å². The van der Waals surface area contributed by atoms with E-state index in [-0.39, 0.29) is 35.6 Å². The zero-order valence-corrected chi connectivity index (χ0v) is 29.2. The van der Waals surface area contributed by atoms with E-state index in [2.05, 4.69) is 40.4 Å². The van der Waals surface area contributed by atoms with Crippen molar-refractivity contribution in [2.75, 3.05) is 18.4 Å². The molecule has 1 saturated heterocycles. The van der Waals surface area contributed by atoms with Crippen LogP contribution in [0.5, 0.6) is 0 Å². The quantitative estimate of drug-likeness (QED) is 0.175. The van der Waals surface area contributed by atoms with Crippen molar-refractivity contribution >= 4 is 41.3 Å². The molecule has 7 N–H and O–H groups in total. The normalized spacial score (nSPS) is 23.1. The summed E-state index contributed by atoms with van der Waals surface area (Å²) in [5.74, 6) is -2.72. The van der Waals surface area contributed by atoms with Gasteiger partial charge in [0.1, 0.15) is 12.1 Å². The summed E-state index contributed by atoms with van der Waals surface area (Å²) in [6, 6.07) is 4.65. The molecule has 3 aliphatic rings. The van der Waals surface area contributed by atoms with E-state index < -0.39 is 65.1 Å². The number of ketones is 1. The number of nitrogens with two attached hydrogens (primary N) is 1. The number of likely N-dealkylation sites (tertiary alicyclic amines) is 1. The lowest BCUT2D eigenvalue weighted by Gasteiger charge is -2.38. The Bertz CT molecular complexity index is 1390. The monoisotopic (exact) mass is 667 g/mol. The van der Waals surface area contributed by atoms with Crippen molar-refractivity contribution in [2.45, 2.75) is 98.3 Å². The molecule has 7 amide bonds. The lowest BCUT2D eigenvalue weighted by Crippen LogP contribution is -2.62. The van der Waals surface area contributed by atoms with Gasteiger partial charge in [-0.1, -0.05) is 85.9 Å². The number of benzene rings is 1. The molecule has 3 fully saturated rings. The third kappa shape index (κ3) is 8.46. The van der Waals surface area contributed by atoms with E-state index in [0.29, 0.717) is 18.7 Å². The second-order valence-corrected chi connectivity index (χ2v) is 15.7. The number of piperidine rings is 1. The smallest absolute Gasteiger partial charge is 0.319 e. The predicted molar refractivity (Wildman–Crippen MR) is 181 cm³/mol. The van der Waals surface area contributed by atoms with Crippen LogP contribution in [0, 0.1) is 34.5 Å². The summed E-state index contributed by atoms with van der Waals surface area (Å²) in [6.07, 6.45) is 3.20. The maximum atomic E-state index is 14.3. The van der Waals surface area contributed by atoms with Crippen LogP contribution >= 0.6 is 0 Å². The molecular formula is C35H53N7O6. The molecule has 2 saturated carbocycles. The van der Waals surface area contributed by atoms with Gasteiger partial charge in [-0.05, 0) is 53.1 Å². The van der Waals surface area contributed by atoms with Crippen molar-refractivity contribution in [1.29, 1.82) is 0 Å². The molecule has 1 aromatic rings. The van der Waals surface area contributed by atoms with E-state index in [1.54, 1.807) is 12.1 Å². The first kappa shape index (κ1) is 36.7. The van der Waals surface area contributed by atoms with Crippen LogP contribution in [0.25, 0.3) is 0 Å². The van der Waals surface area contributed by atoms with E-state index in [1.807, 2.05) is 52.8 Å². The number of hydrogen-bond acceptors (Lipinski definition) is 6. The van der Waals surface area contributed by atoms with Gasteiger partial charge < -0.3 is 37.2 Å². The topological polar surface area (TPSA) is 192 Å². The number of para-hydroxylation sites is 1. The highest BCUT2D eigenvalue weighted by atomic mass is 16.2. The van der Waals surface area contributed by atoms with E-state index in [4.69, 9.17) is 5.73 Å². The average molecular weight is 668 g/mol. The Hall–Kier alpha value is -4.16. The van der Waals surface area contributed by atoms with Gasteiger partial charge in [0.15, 0.2) is 0 Å². The second-order valence-electron chi connectivity index (χ2n) is 15.7. The highest BCUT2D eigenvalue weighted by Gasteiger charge is 2.70. The number of nitrogens with zero attached hydrogens (tertiary/aromatic N) is 1. The fourth-order valence-corrected chi connectivity index (χ4v) is 7.04. The molecule has 1 aliphatic heterocycles. The van der Waals surface area contributed by atoms with Gasteiger partial charge in [0.2, 0.25) is 17.6 Å². The molecule has 2 aliphatic carbocycles. The molecule has 2 unspecified atom stereocenters. The summed E-state index contributed by atoms with van der Waals surface area (Å²) in [4.78, 5) is 80.1. The number of hydrogen-bond donors (Lipinski definition) is 6. The van der Waals surface area contributed by atoms with E-state index in [9.17, 15) is 28.8 Å². The Morgan fingerprint density at radius 1 is 0.958 bits per heavy atom. The Morgan fingerprint density at radius 3 is 2.15 bits per heavy atom. The molecule has 0 bridgehead atoms. The summed E-state index contributed by atoms with van der Waals surface area (Å²) in [5, 5.41) is 14.1. The van der Waals surface area contributed by atoms with Gasteiger partial charge in [0.25, 0.3) is 5.91 Å². The van der Waals surface area contributed by atoms with Crippen LogP contribution in [0.1, 0.15) is 74.1 Å². The second kappa shape index (κ2) is 14.5. The number of fused-ring (bicyclic) bond motifs is 1. The molecule has 4 rings (SSSR count). The Balaban J connectivity index is 1.45. The first-order valence-electron chi connectivity index (χ1n) is 17.0. The van der Waals surface area contributed by atoms with Gasteiger partial charge in [-0.25, -0.2) is 9.59 Å². The molecule has 0 radical (unpaired) electrons. The molecule has 6 atom stereocenters. The van der Waals surface area contributed by atoms with Crippen molar-refractivity contribution in [1.82, 2.24) is 26.2 Å². The number of carbonyl (C=O) groups excluding carboxylic acids is 6. The van der Waals surface area contributed by atoms with Crippen LogP contribution < -0.4 is 32.3 Å². The molecule has 48 heavy (non-hydrogen) atoms. The van der Waals surface area contributed by atoms with Crippen LogP contribution in [0.3, 0.4) is 0 Å². The van der Waals surface area contributed by atoms with Crippen LogP contribution in [0.2, 0.25) is 0 Å². The van der Waals surface area contributed by atoms with E-state index in [1.165, 1.54) is 4.90 Å². The standard InChI is InChI=1S/C35H53N7O6/c1-19(2)24(17-37-32(47)38-21-14-9-8-10-15-21)40-33(48)41-28(34(3,4)5)31(46)42-18-22-25(35(22,6)7)26(42)30(45)39-23(27(43)29(36)44)16-20-12-11-13-20/h8-10,14-15,19-20,22-26,28H,11-13,16-18H2,1-7H3,(H2,36,44)(H,39,45)(H2,37,38,47)(H2,40,41,48)/t22-,23?,24?,25-,26-,28+/m0/s1. The van der Waals surface area contributed by atoms with Crippen molar-refractivity contribution in [3.05, 3.63) is 30.3 Å². The highest BCUT2D eigenvalue weighted by molar-refractivity contribution is 6.37. The Morgan fingerprint density at radius 2 is 1.60 bits per heavy atom. The van der Waals surface area contributed by atoms with Crippen molar-refractivity contribution in [3.8, 4) is 0 Å². The SMILES string of the molecule is CC(C)C(CNC(=O)Nc1ccccc1)NC(=O)N[C@H](C(=O)N1C[C@H]2[C@@H]([C@H]1C(=O)NC(CC1CCC1)C(=O)C(N)=O)C2(C)C)C(C)(C)C. The van der Waals surface area contributed by atoms with Gasteiger partial charge in [-0.15, -0.1) is 0 Å². The summed E-state index contributed by atoms with van der Waals surface area (Å²) in [6.45, 7) is 13.9. The molecule has 1 aromatic carbocycles. The van der Waals surface area contributed by atoms with Gasteiger partial charge in [-0.2, -0.15) is 0 Å². The fraction of sp³-hybridized carbons (Fsp3) is 0.657. The molecule has 1 heterocycles. The number of nitrogens with one attached hydrogen (secondary N) is 5. The summed E-state index contributed by atoms with van der Waals surface area (Å²) in [7, 11) is 0. The summed E-state index contributed by atoms with van der Waals surface area (Å²) >= 11 is 0. The maximum Gasteiger partial charge on any atom is 0.319 e. The average Bonchev–Trinajstić information content (AvgIpc) is 3.29. The van der Waals surface area contributed by atoms with Crippen molar-refractivity contribution < 1.29 is 28.8 Å². The predicted octanol–water partition coefficient (Wildman–Crippen LogP) is 2.76. The first-order valence-corrected chi connectivity index (χ1v) is 17.0. The third-order valence-corrected chi connectivity index (χ3v) is 10.5. The minimum Gasteiger partial charge on any atom is -0.363 e. The van der Waals surface area contributed by atoms with Gasteiger partial charge in [0, 0.05) is 18.8 Å². The molecule has 0 spiro atoms. The molecule has 13 nitrogen and oxygen atoms in total. The number of rotatable bonds is 13. The lowest BCUT2D eigenvalue weighted by molar-refractivity contribution is -0.145. The van der Waals surface area contributed by atoms with Crippen LogP contribution in [-0.2, 0) is 19.2 Å². The molecule has 13 heteroatoms. The maximum absolute atomic E-state index is 14.3.